The maximum Gasteiger partial charge on any atom is 0.331 e. The van der Waals surface area contributed by atoms with E-state index in [9.17, 15) is 14.7 Å². The molecule has 1 aromatic heterocycles. The molecule has 0 aliphatic carbocycles. The molecule has 0 radical (unpaired) electrons. The lowest BCUT2D eigenvalue weighted by atomic mass is 10.0. The van der Waals surface area contributed by atoms with Gasteiger partial charge in [0.15, 0.2) is 6.04 Å². The smallest absolute Gasteiger partial charge is 0.331 e. The lowest BCUT2D eigenvalue weighted by Crippen LogP contribution is -2.48. The molecule has 2 amide bonds. The van der Waals surface area contributed by atoms with Crippen molar-refractivity contribution in [2.75, 3.05) is 13.1 Å². The molecule has 102 valence electrons. The molecule has 5 nitrogen and oxygen atoms in total. The first kappa shape index (κ1) is 13.9. The van der Waals surface area contributed by atoms with Gasteiger partial charge in [0.2, 0.25) is 0 Å². The number of nitrogens with one attached hydrogen (secondary N) is 1. The number of urea groups is 1. The van der Waals surface area contributed by atoms with Crippen molar-refractivity contribution in [3.05, 3.63) is 33.5 Å². The van der Waals surface area contributed by atoms with Crippen molar-refractivity contribution in [3.8, 4) is 0 Å². The van der Waals surface area contributed by atoms with E-state index in [0.717, 1.165) is 4.88 Å². The van der Waals surface area contributed by atoms with E-state index < -0.39 is 18.0 Å². The molecule has 0 saturated heterocycles. The summed E-state index contributed by atoms with van der Waals surface area (Å²) < 4.78 is 0. The zero-order valence-electron chi connectivity index (χ0n) is 10.1. The van der Waals surface area contributed by atoms with Gasteiger partial charge in [0.05, 0.1) is 6.54 Å². The Bertz CT molecular complexity index is 529. The second-order valence-corrected chi connectivity index (χ2v) is 5.69. The number of rotatable bonds is 3. The van der Waals surface area contributed by atoms with Crippen LogP contribution in [0.15, 0.2) is 23.1 Å². The average Bonchev–Trinajstić information content (AvgIpc) is 2.82. The molecule has 2 N–H and O–H groups in total. The van der Waals surface area contributed by atoms with Gasteiger partial charge < -0.3 is 15.3 Å². The Labute approximate surface area is 119 Å². The van der Waals surface area contributed by atoms with Gasteiger partial charge >= 0.3 is 12.0 Å². The van der Waals surface area contributed by atoms with Crippen molar-refractivity contribution >= 4 is 34.9 Å². The summed E-state index contributed by atoms with van der Waals surface area (Å²) >= 11 is 7.10. The number of amides is 2. The van der Waals surface area contributed by atoms with Crippen molar-refractivity contribution in [3.63, 3.8) is 0 Å². The van der Waals surface area contributed by atoms with Crippen LogP contribution in [0, 0.1) is 0 Å². The van der Waals surface area contributed by atoms with Crippen molar-refractivity contribution in [1.29, 1.82) is 0 Å². The van der Waals surface area contributed by atoms with Crippen LogP contribution in [0.3, 0.4) is 0 Å². The molecule has 0 spiro atoms. The maximum atomic E-state index is 12.0. The van der Waals surface area contributed by atoms with Gasteiger partial charge in [0.25, 0.3) is 0 Å². The first-order chi connectivity index (χ1) is 9.00. The first-order valence-corrected chi connectivity index (χ1v) is 6.93. The molecule has 0 bridgehead atoms. The first-order valence-electron chi connectivity index (χ1n) is 5.67. The number of carbonyl (C=O) groups is 2. The zero-order chi connectivity index (χ0) is 14.0. The Morgan fingerprint density at radius 3 is 3.00 bits per heavy atom. The summed E-state index contributed by atoms with van der Waals surface area (Å²) in [4.78, 5) is 25.8. The molecule has 0 saturated carbocycles. The van der Waals surface area contributed by atoms with Crippen LogP contribution in [-0.4, -0.2) is 35.1 Å². The number of aliphatic carboxylic acids is 1. The van der Waals surface area contributed by atoms with Crippen LogP contribution in [0.25, 0.3) is 0 Å². The third-order valence-electron chi connectivity index (χ3n) is 2.89. The maximum absolute atomic E-state index is 12.0. The largest absolute Gasteiger partial charge is 0.479 e. The molecule has 1 aliphatic heterocycles. The van der Waals surface area contributed by atoms with Crippen molar-refractivity contribution in [2.24, 2.45) is 0 Å². The summed E-state index contributed by atoms with van der Waals surface area (Å²) in [7, 11) is 0. The lowest BCUT2D eigenvalue weighted by Gasteiger charge is -2.33. The van der Waals surface area contributed by atoms with Crippen LogP contribution in [0.2, 0.25) is 0 Å². The molecule has 0 aromatic carbocycles. The van der Waals surface area contributed by atoms with Gasteiger partial charge in [-0.05, 0) is 23.4 Å². The number of thiophene rings is 1. The van der Waals surface area contributed by atoms with Crippen molar-refractivity contribution in [1.82, 2.24) is 10.2 Å². The molecule has 2 heterocycles. The number of fused-ring (bicyclic) bond motifs is 1. The van der Waals surface area contributed by atoms with Crippen LogP contribution in [-0.2, 0) is 11.2 Å². The minimum Gasteiger partial charge on any atom is -0.479 e. The molecule has 19 heavy (non-hydrogen) atoms. The number of hydrogen-bond acceptors (Lipinski definition) is 3. The molecule has 0 fully saturated rings. The summed E-state index contributed by atoms with van der Waals surface area (Å²) in [5.74, 6) is -1.03. The number of hydrogen-bond donors (Lipinski definition) is 2. The van der Waals surface area contributed by atoms with Crippen molar-refractivity contribution in [2.45, 2.75) is 12.5 Å². The molecule has 1 aromatic rings. The van der Waals surface area contributed by atoms with Crippen LogP contribution in [0.5, 0.6) is 0 Å². The number of carbonyl (C=O) groups excluding carboxylic acids is 1. The standard InChI is InChI=1S/C12H13ClN2O3S/c1-7(13)6-14-12(18)15-4-2-9-8(3-5-19-9)10(15)11(16)17/h3,5,10H,1-2,4,6H2,(H,14,18)(H,16,17). The lowest BCUT2D eigenvalue weighted by molar-refractivity contribution is -0.142. The van der Waals surface area contributed by atoms with Crippen LogP contribution < -0.4 is 5.32 Å². The van der Waals surface area contributed by atoms with E-state index in [0.29, 0.717) is 23.6 Å². The highest BCUT2D eigenvalue weighted by Gasteiger charge is 2.36. The quantitative estimate of drug-likeness (QED) is 0.899. The topological polar surface area (TPSA) is 69.6 Å². The van der Waals surface area contributed by atoms with E-state index in [-0.39, 0.29) is 6.54 Å². The normalized spacial score (nSPS) is 17.7. The minimum absolute atomic E-state index is 0.125. The van der Waals surface area contributed by atoms with E-state index in [1.54, 1.807) is 6.07 Å². The molecule has 1 atom stereocenters. The predicted molar refractivity (Wildman–Crippen MR) is 73.5 cm³/mol. The summed E-state index contributed by atoms with van der Waals surface area (Å²) in [6, 6.07) is 0.392. The number of carboxylic acids is 1. The minimum atomic E-state index is -1.03. The third kappa shape index (κ3) is 2.90. The molecule has 1 aliphatic rings. The van der Waals surface area contributed by atoms with Gasteiger partial charge in [0.1, 0.15) is 0 Å². The molecule has 1 unspecified atom stereocenters. The zero-order valence-corrected chi connectivity index (χ0v) is 11.6. The second kappa shape index (κ2) is 5.63. The van der Waals surface area contributed by atoms with E-state index in [2.05, 4.69) is 11.9 Å². The Hall–Kier alpha value is -1.53. The van der Waals surface area contributed by atoms with E-state index in [1.165, 1.54) is 16.2 Å². The van der Waals surface area contributed by atoms with Gasteiger partial charge in [-0.2, -0.15) is 0 Å². The van der Waals surface area contributed by atoms with Crippen molar-refractivity contribution < 1.29 is 14.7 Å². The van der Waals surface area contributed by atoms with Crippen LogP contribution in [0.4, 0.5) is 4.79 Å². The van der Waals surface area contributed by atoms with Gasteiger partial charge in [0, 0.05) is 16.5 Å². The Morgan fingerprint density at radius 2 is 2.37 bits per heavy atom. The fourth-order valence-electron chi connectivity index (χ4n) is 2.07. The van der Waals surface area contributed by atoms with Crippen LogP contribution in [0.1, 0.15) is 16.5 Å². The van der Waals surface area contributed by atoms with Crippen LogP contribution >= 0.6 is 22.9 Å². The molecular weight excluding hydrogens is 288 g/mol. The second-order valence-electron chi connectivity index (χ2n) is 4.16. The summed E-state index contributed by atoms with van der Waals surface area (Å²) in [5.41, 5.74) is 0.698. The number of halogens is 1. The fraction of sp³-hybridized carbons (Fsp3) is 0.333. The van der Waals surface area contributed by atoms with E-state index >= 15 is 0 Å². The highest BCUT2D eigenvalue weighted by atomic mass is 35.5. The average molecular weight is 301 g/mol. The molecule has 7 heteroatoms. The van der Waals surface area contributed by atoms with Gasteiger partial charge in [-0.15, -0.1) is 11.3 Å². The Kier molecular flexibility index (Phi) is 4.11. The predicted octanol–water partition coefficient (Wildman–Crippen LogP) is 2.19. The molecular formula is C12H13ClN2O3S. The highest BCUT2D eigenvalue weighted by Crippen LogP contribution is 2.33. The van der Waals surface area contributed by atoms with Gasteiger partial charge in [-0.1, -0.05) is 18.2 Å². The third-order valence-corrected chi connectivity index (χ3v) is 4.02. The SMILES string of the molecule is C=C(Cl)CNC(=O)N1CCc2sccc2C1C(=O)O. The summed E-state index contributed by atoms with van der Waals surface area (Å²) in [6.45, 7) is 3.98. The van der Waals surface area contributed by atoms with E-state index in [1.807, 2.05) is 5.38 Å². The van der Waals surface area contributed by atoms with E-state index in [4.69, 9.17) is 11.6 Å². The van der Waals surface area contributed by atoms with Gasteiger partial charge in [-0.3, -0.25) is 0 Å². The fourth-order valence-corrected chi connectivity index (χ4v) is 3.05. The Morgan fingerprint density at radius 1 is 1.63 bits per heavy atom. The summed E-state index contributed by atoms with van der Waals surface area (Å²) in [5, 5.41) is 14.0. The monoisotopic (exact) mass is 300 g/mol. The number of carboxylic acid groups (broad SMARTS) is 1. The molecule has 2 rings (SSSR count). The number of nitrogens with zero attached hydrogens (tertiary/aromatic N) is 1. The highest BCUT2D eigenvalue weighted by molar-refractivity contribution is 7.10. The van der Waals surface area contributed by atoms with Gasteiger partial charge in [-0.25, -0.2) is 9.59 Å². The Balaban J connectivity index is 2.19. The summed E-state index contributed by atoms with van der Waals surface area (Å²) in [6.07, 6.45) is 0.673.